The van der Waals surface area contributed by atoms with Gasteiger partial charge >= 0.3 is 0 Å². The Bertz CT molecular complexity index is 798. The molecule has 0 saturated heterocycles. The summed E-state index contributed by atoms with van der Waals surface area (Å²) in [5, 5.41) is 12.6. The lowest BCUT2D eigenvalue weighted by atomic mass is 10.1. The van der Waals surface area contributed by atoms with Gasteiger partial charge in [0, 0.05) is 30.6 Å². The summed E-state index contributed by atoms with van der Waals surface area (Å²) in [6, 6.07) is 5.45. The van der Waals surface area contributed by atoms with Crippen molar-refractivity contribution in [1.82, 2.24) is 10.2 Å². The highest BCUT2D eigenvalue weighted by Gasteiger charge is 2.23. The zero-order chi connectivity index (χ0) is 18.0. The summed E-state index contributed by atoms with van der Waals surface area (Å²) in [6.07, 6.45) is 2.79. The van der Waals surface area contributed by atoms with Crippen LogP contribution in [0.1, 0.15) is 60.5 Å². The van der Waals surface area contributed by atoms with Gasteiger partial charge in [0.25, 0.3) is 5.91 Å². The van der Waals surface area contributed by atoms with Gasteiger partial charge in [0.15, 0.2) is 0 Å². The molecule has 0 bridgehead atoms. The van der Waals surface area contributed by atoms with Gasteiger partial charge in [-0.3, -0.25) is 14.9 Å². The number of aromatic nitrogens is 2. The number of amides is 2. The standard InChI is InChI=1S/C18H22N4O2S/c1-4-12(5-2)17-20-21-18(25-17)19-16(24)14-6-7-15-13(10-14)8-9-22(15)11(3)23/h6-7,10,12H,4-5,8-9H2,1-3H3,(H,19,21,24). The normalized spacial score (nSPS) is 13.2. The van der Waals surface area contributed by atoms with Crippen LogP contribution in [-0.4, -0.2) is 28.6 Å². The Hall–Kier alpha value is -2.28. The van der Waals surface area contributed by atoms with E-state index in [4.69, 9.17) is 0 Å². The second kappa shape index (κ2) is 7.31. The number of fused-ring (bicyclic) bond motifs is 1. The molecular weight excluding hydrogens is 336 g/mol. The van der Waals surface area contributed by atoms with Gasteiger partial charge in [0.2, 0.25) is 11.0 Å². The van der Waals surface area contributed by atoms with Crippen LogP contribution >= 0.6 is 11.3 Å². The van der Waals surface area contributed by atoms with Crippen LogP contribution in [0.25, 0.3) is 0 Å². The molecule has 1 aromatic heterocycles. The second-order valence-electron chi connectivity index (χ2n) is 6.18. The van der Waals surface area contributed by atoms with Gasteiger partial charge in [-0.25, -0.2) is 0 Å². The highest BCUT2D eigenvalue weighted by Crippen LogP contribution is 2.30. The fraction of sp³-hybridized carbons (Fsp3) is 0.444. The van der Waals surface area contributed by atoms with E-state index in [1.54, 1.807) is 17.9 Å². The largest absolute Gasteiger partial charge is 0.312 e. The number of rotatable bonds is 5. The van der Waals surface area contributed by atoms with Gasteiger partial charge in [-0.15, -0.1) is 10.2 Å². The minimum absolute atomic E-state index is 0.0266. The van der Waals surface area contributed by atoms with Gasteiger partial charge in [-0.05, 0) is 43.0 Å². The fourth-order valence-corrected chi connectivity index (χ4v) is 4.13. The van der Waals surface area contributed by atoms with Crippen LogP contribution in [-0.2, 0) is 11.2 Å². The summed E-state index contributed by atoms with van der Waals surface area (Å²) < 4.78 is 0. The van der Waals surface area contributed by atoms with Gasteiger partial charge < -0.3 is 4.90 Å². The number of nitrogens with one attached hydrogen (secondary N) is 1. The molecule has 0 spiro atoms. The molecule has 0 aliphatic carbocycles. The quantitative estimate of drug-likeness (QED) is 0.886. The molecule has 25 heavy (non-hydrogen) atoms. The first-order chi connectivity index (χ1) is 12.0. The van der Waals surface area contributed by atoms with E-state index in [2.05, 4.69) is 29.4 Å². The van der Waals surface area contributed by atoms with Crippen molar-refractivity contribution in [2.24, 2.45) is 0 Å². The van der Waals surface area contributed by atoms with Gasteiger partial charge in [0.1, 0.15) is 5.01 Å². The van der Waals surface area contributed by atoms with Crippen molar-refractivity contribution >= 4 is 34.0 Å². The van der Waals surface area contributed by atoms with Crippen molar-refractivity contribution < 1.29 is 9.59 Å². The SMILES string of the molecule is CCC(CC)c1nnc(NC(=O)c2ccc3c(c2)CCN3C(C)=O)s1. The molecule has 1 aliphatic heterocycles. The number of benzene rings is 1. The van der Waals surface area contributed by atoms with Gasteiger partial charge in [0.05, 0.1) is 0 Å². The molecule has 7 heteroatoms. The monoisotopic (exact) mass is 358 g/mol. The highest BCUT2D eigenvalue weighted by molar-refractivity contribution is 7.15. The van der Waals surface area contributed by atoms with E-state index < -0.39 is 0 Å². The molecule has 2 amide bonds. The fourth-order valence-electron chi connectivity index (χ4n) is 3.13. The molecule has 0 unspecified atom stereocenters. The number of carbonyl (C=O) groups is 2. The van der Waals surface area contributed by atoms with E-state index in [9.17, 15) is 9.59 Å². The van der Waals surface area contributed by atoms with Crippen molar-refractivity contribution in [1.29, 1.82) is 0 Å². The van der Waals surface area contributed by atoms with Gasteiger partial charge in [-0.2, -0.15) is 0 Å². The lowest BCUT2D eigenvalue weighted by Crippen LogP contribution is -2.25. The first-order valence-electron chi connectivity index (χ1n) is 8.59. The minimum atomic E-state index is -0.198. The zero-order valence-electron chi connectivity index (χ0n) is 14.7. The Balaban J connectivity index is 1.73. The molecule has 1 aliphatic rings. The van der Waals surface area contributed by atoms with E-state index in [0.29, 0.717) is 23.2 Å². The molecule has 2 heterocycles. The summed E-state index contributed by atoms with van der Waals surface area (Å²) >= 11 is 1.44. The maximum atomic E-state index is 12.5. The molecule has 0 radical (unpaired) electrons. The summed E-state index contributed by atoms with van der Waals surface area (Å²) in [7, 11) is 0. The van der Waals surface area contributed by atoms with E-state index in [-0.39, 0.29) is 11.8 Å². The Morgan fingerprint density at radius 1 is 1.28 bits per heavy atom. The molecule has 132 valence electrons. The average molecular weight is 358 g/mol. The maximum absolute atomic E-state index is 12.5. The Morgan fingerprint density at radius 2 is 2.04 bits per heavy atom. The van der Waals surface area contributed by atoms with Crippen molar-refractivity contribution in [2.75, 3.05) is 16.8 Å². The smallest absolute Gasteiger partial charge is 0.257 e. The summed E-state index contributed by atoms with van der Waals surface area (Å²) in [4.78, 5) is 25.8. The lowest BCUT2D eigenvalue weighted by molar-refractivity contribution is -0.116. The van der Waals surface area contributed by atoms with E-state index in [1.165, 1.54) is 11.3 Å². The van der Waals surface area contributed by atoms with Crippen molar-refractivity contribution in [3.05, 3.63) is 34.3 Å². The number of carbonyl (C=O) groups excluding carboxylic acids is 2. The van der Waals surface area contributed by atoms with Crippen LogP contribution < -0.4 is 10.2 Å². The molecule has 3 rings (SSSR count). The Labute approximate surface area is 151 Å². The Kier molecular flexibility index (Phi) is 5.13. The number of nitrogens with zero attached hydrogens (tertiary/aromatic N) is 3. The first kappa shape index (κ1) is 17.5. The van der Waals surface area contributed by atoms with E-state index >= 15 is 0 Å². The number of hydrogen-bond donors (Lipinski definition) is 1. The van der Waals surface area contributed by atoms with E-state index in [0.717, 1.165) is 35.5 Å². The number of hydrogen-bond acceptors (Lipinski definition) is 5. The van der Waals surface area contributed by atoms with Crippen LogP contribution in [0.3, 0.4) is 0 Å². The number of anilines is 2. The van der Waals surface area contributed by atoms with Crippen LogP contribution in [0.5, 0.6) is 0 Å². The van der Waals surface area contributed by atoms with Crippen molar-refractivity contribution in [3.8, 4) is 0 Å². The topological polar surface area (TPSA) is 75.2 Å². The van der Waals surface area contributed by atoms with E-state index in [1.807, 2.05) is 12.1 Å². The zero-order valence-corrected chi connectivity index (χ0v) is 15.5. The molecule has 1 N–H and O–H groups in total. The van der Waals surface area contributed by atoms with Crippen LogP contribution in [0.2, 0.25) is 0 Å². The van der Waals surface area contributed by atoms with Crippen LogP contribution in [0.15, 0.2) is 18.2 Å². The molecule has 6 nitrogen and oxygen atoms in total. The van der Waals surface area contributed by atoms with Gasteiger partial charge in [-0.1, -0.05) is 25.2 Å². The van der Waals surface area contributed by atoms with Crippen molar-refractivity contribution in [2.45, 2.75) is 46.0 Å². The predicted molar refractivity (Wildman–Crippen MR) is 99.4 cm³/mol. The van der Waals surface area contributed by atoms with Crippen LogP contribution in [0.4, 0.5) is 10.8 Å². The summed E-state index contributed by atoms with van der Waals surface area (Å²) in [5.41, 5.74) is 2.50. The third kappa shape index (κ3) is 3.56. The van der Waals surface area contributed by atoms with Crippen LogP contribution in [0, 0.1) is 0 Å². The third-order valence-electron chi connectivity index (χ3n) is 4.61. The highest BCUT2D eigenvalue weighted by atomic mass is 32.1. The molecule has 2 aromatic rings. The summed E-state index contributed by atoms with van der Waals surface area (Å²) in [6.45, 7) is 6.49. The molecular formula is C18H22N4O2S. The Morgan fingerprint density at radius 3 is 2.72 bits per heavy atom. The minimum Gasteiger partial charge on any atom is -0.312 e. The van der Waals surface area contributed by atoms with Crippen molar-refractivity contribution in [3.63, 3.8) is 0 Å². The summed E-state index contributed by atoms with van der Waals surface area (Å²) in [5.74, 6) is 0.218. The predicted octanol–water partition coefficient (Wildman–Crippen LogP) is 3.60. The average Bonchev–Trinajstić information content (AvgIpc) is 3.22. The second-order valence-corrected chi connectivity index (χ2v) is 7.19. The third-order valence-corrected chi connectivity index (χ3v) is 5.61. The molecule has 0 saturated carbocycles. The first-order valence-corrected chi connectivity index (χ1v) is 9.40. The molecule has 1 aromatic carbocycles. The molecule has 0 atom stereocenters. The lowest BCUT2D eigenvalue weighted by Gasteiger charge is -2.14. The maximum Gasteiger partial charge on any atom is 0.257 e. The molecule has 0 fully saturated rings.